The maximum absolute atomic E-state index is 11.8. The molecule has 0 bridgehead atoms. The summed E-state index contributed by atoms with van der Waals surface area (Å²) in [5.74, 6) is 0.769. The second-order valence-electron chi connectivity index (χ2n) is 5.18. The number of rotatable bonds is 6. The molecule has 1 aliphatic heterocycles. The predicted octanol–water partition coefficient (Wildman–Crippen LogP) is 2.56. The SMILES string of the molecule is O=c1[nH]nc(SCC=Cc2ccccc2)n1CC1CCCO1. The number of aromatic nitrogens is 3. The van der Waals surface area contributed by atoms with Crippen LogP contribution in [0.4, 0.5) is 0 Å². The maximum Gasteiger partial charge on any atom is 0.344 e. The van der Waals surface area contributed by atoms with E-state index in [0.29, 0.717) is 6.54 Å². The molecule has 1 atom stereocenters. The molecule has 2 aromatic rings. The van der Waals surface area contributed by atoms with E-state index in [4.69, 9.17) is 4.74 Å². The predicted molar refractivity (Wildman–Crippen MR) is 88.0 cm³/mol. The van der Waals surface area contributed by atoms with Crippen LogP contribution in [0.2, 0.25) is 0 Å². The molecular weight excluding hydrogens is 298 g/mol. The van der Waals surface area contributed by atoms with E-state index in [1.807, 2.05) is 18.2 Å². The lowest BCUT2D eigenvalue weighted by Crippen LogP contribution is -2.24. The lowest BCUT2D eigenvalue weighted by atomic mass is 10.2. The van der Waals surface area contributed by atoms with Crippen molar-refractivity contribution in [2.75, 3.05) is 12.4 Å². The zero-order valence-corrected chi connectivity index (χ0v) is 13.1. The Morgan fingerprint density at radius 2 is 2.27 bits per heavy atom. The Morgan fingerprint density at radius 3 is 3.05 bits per heavy atom. The van der Waals surface area contributed by atoms with Crippen LogP contribution in [-0.4, -0.2) is 33.2 Å². The minimum atomic E-state index is -0.162. The molecule has 0 aliphatic carbocycles. The normalized spacial score (nSPS) is 18.3. The minimum Gasteiger partial charge on any atom is -0.376 e. The van der Waals surface area contributed by atoms with Crippen LogP contribution in [0.25, 0.3) is 6.08 Å². The first-order chi connectivity index (χ1) is 10.8. The highest BCUT2D eigenvalue weighted by Gasteiger charge is 2.19. The van der Waals surface area contributed by atoms with E-state index in [2.05, 4.69) is 34.5 Å². The fourth-order valence-electron chi connectivity index (χ4n) is 2.44. The zero-order valence-electron chi connectivity index (χ0n) is 12.3. The van der Waals surface area contributed by atoms with Crippen molar-refractivity contribution in [2.45, 2.75) is 30.6 Å². The summed E-state index contributed by atoms with van der Waals surface area (Å²) in [6.07, 6.45) is 6.36. The van der Waals surface area contributed by atoms with E-state index in [0.717, 1.165) is 30.4 Å². The van der Waals surface area contributed by atoms with Gasteiger partial charge >= 0.3 is 5.69 Å². The van der Waals surface area contributed by atoms with Crippen molar-refractivity contribution in [1.82, 2.24) is 14.8 Å². The number of nitrogens with one attached hydrogen (secondary N) is 1. The first-order valence-electron chi connectivity index (χ1n) is 7.44. The van der Waals surface area contributed by atoms with Crippen LogP contribution in [0.5, 0.6) is 0 Å². The summed E-state index contributed by atoms with van der Waals surface area (Å²) in [6.45, 7) is 1.37. The number of hydrogen-bond donors (Lipinski definition) is 1. The third-order valence-corrected chi connectivity index (χ3v) is 4.48. The summed E-state index contributed by atoms with van der Waals surface area (Å²) < 4.78 is 7.27. The summed E-state index contributed by atoms with van der Waals surface area (Å²) in [4.78, 5) is 11.8. The lowest BCUT2D eigenvalue weighted by molar-refractivity contribution is 0.0941. The molecule has 6 heteroatoms. The molecule has 1 saturated heterocycles. The zero-order chi connectivity index (χ0) is 15.2. The molecular formula is C16H19N3O2S. The first kappa shape index (κ1) is 15.1. The number of thioether (sulfide) groups is 1. The van der Waals surface area contributed by atoms with Gasteiger partial charge in [-0.3, -0.25) is 4.57 Å². The van der Waals surface area contributed by atoms with Crippen molar-refractivity contribution in [1.29, 1.82) is 0 Å². The molecule has 116 valence electrons. The highest BCUT2D eigenvalue weighted by molar-refractivity contribution is 7.99. The number of benzene rings is 1. The minimum absolute atomic E-state index is 0.134. The molecule has 1 aliphatic rings. The van der Waals surface area contributed by atoms with Crippen molar-refractivity contribution < 1.29 is 4.74 Å². The molecule has 1 unspecified atom stereocenters. The molecule has 0 spiro atoms. The Hall–Kier alpha value is -1.79. The standard InChI is InChI=1S/C16H19N3O2S/c20-15-17-18-16(19(15)12-14-9-4-10-21-14)22-11-5-8-13-6-2-1-3-7-13/h1-3,5-8,14H,4,9-12H2,(H,17,20). The molecule has 22 heavy (non-hydrogen) atoms. The average Bonchev–Trinajstić information content (AvgIpc) is 3.17. The summed E-state index contributed by atoms with van der Waals surface area (Å²) in [5.41, 5.74) is 1.01. The fraction of sp³-hybridized carbons (Fsp3) is 0.375. The van der Waals surface area contributed by atoms with Crippen LogP contribution in [-0.2, 0) is 11.3 Å². The Bertz CT molecular complexity index is 672. The second kappa shape index (κ2) is 7.47. The van der Waals surface area contributed by atoms with Gasteiger partial charge in [0.15, 0.2) is 5.16 Å². The summed E-state index contributed by atoms with van der Waals surface area (Å²) in [7, 11) is 0. The van der Waals surface area contributed by atoms with E-state index >= 15 is 0 Å². The number of aromatic amines is 1. The van der Waals surface area contributed by atoms with Gasteiger partial charge in [-0.25, -0.2) is 9.89 Å². The van der Waals surface area contributed by atoms with E-state index in [1.54, 1.807) is 16.3 Å². The summed E-state index contributed by atoms with van der Waals surface area (Å²) in [5, 5.41) is 7.35. The molecule has 1 aromatic carbocycles. The van der Waals surface area contributed by atoms with Crippen molar-refractivity contribution >= 4 is 17.8 Å². The smallest absolute Gasteiger partial charge is 0.344 e. The van der Waals surface area contributed by atoms with Gasteiger partial charge in [0.1, 0.15) is 0 Å². The van der Waals surface area contributed by atoms with Crippen molar-refractivity contribution in [3.63, 3.8) is 0 Å². The van der Waals surface area contributed by atoms with Crippen LogP contribution in [0, 0.1) is 0 Å². The molecule has 5 nitrogen and oxygen atoms in total. The molecule has 0 saturated carbocycles. The first-order valence-corrected chi connectivity index (χ1v) is 8.42. The molecule has 3 rings (SSSR count). The summed E-state index contributed by atoms with van der Waals surface area (Å²) >= 11 is 1.55. The fourth-order valence-corrected chi connectivity index (χ4v) is 3.20. The van der Waals surface area contributed by atoms with Crippen LogP contribution < -0.4 is 5.69 Å². The van der Waals surface area contributed by atoms with Gasteiger partial charge < -0.3 is 4.74 Å². The molecule has 0 amide bonds. The van der Waals surface area contributed by atoms with Crippen molar-refractivity contribution in [3.05, 3.63) is 52.5 Å². The molecule has 1 aromatic heterocycles. The van der Waals surface area contributed by atoms with E-state index in [-0.39, 0.29) is 11.8 Å². The molecule has 1 N–H and O–H groups in total. The number of hydrogen-bond acceptors (Lipinski definition) is 4. The Labute approximate surface area is 133 Å². The van der Waals surface area contributed by atoms with Crippen molar-refractivity contribution in [3.8, 4) is 0 Å². The van der Waals surface area contributed by atoms with Crippen LogP contribution >= 0.6 is 11.8 Å². The third kappa shape index (κ3) is 3.90. The van der Waals surface area contributed by atoms with Gasteiger partial charge in [-0.2, -0.15) is 0 Å². The number of ether oxygens (including phenoxy) is 1. The maximum atomic E-state index is 11.8. The van der Waals surface area contributed by atoms with E-state index in [1.165, 1.54) is 5.56 Å². The van der Waals surface area contributed by atoms with Crippen LogP contribution in [0.3, 0.4) is 0 Å². The monoisotopic (exact) mass is 317 g/mol. The second-order valence-corrected chi connectivity index (χ2v) is 6.17. The largest absolute Gasteiger partial charge is 0.376 e. The van der Waals surface area contributed by atoms with Gasteiger partial charge in [-0.05, 0) is 18.4 Å². The highest BCUT2D eigenvalue weighted by atomic mass is 32.2. The lowest BCUT2D eigenvalue weighted by Gasteiger charge is -2.10. The average molecular weight is 317 g/mol. The van der Waals surface area contributed by atoms with Crippen LogP contribution in [0.15, 0.2) is 46.4 Å². The number of H-pyrrole nitrogens is 1. The number of nitrogens with zero attached hydrogens (tertiary/aromatic N) is 2. The van der Waals surface area contributed by atoms with E-state index in [9.17, 15) is 4.79 Å². The topological polar surface area (TPSA) is 59.9 Å². The Balaban J connectivity index is 1.58. The Morgan fingerprint density at radius 1 is 1.41 bits per heavy atom. The van der Waals surface area contributed by atoms with Gasteiger partial charge in [0.05, 0.1) is 12.6 Å². The highest BCUT2D eigenvalue weighted by Crippen LogP contribution is 2.18. The van der Waals surface area contributed by atoms with E-state index < -0.39 is 0 Å². The van der Waals surface area contributed by atoms with Gasteiger partial charge in [-0.15, -0.1) is 5.10 Å². The van der Waals surface area contributed by atoms with Crippen molar-refractivity contribution in [2.24, 2.45) is 0 Å². The molecule has 0 radical (unpaired) electrons. The third-order valence-electron chi connectivity index (χ3n) is 3.55. The van der Waals surface area contributed by atoms with Gasteiger partial charge in [0.25, 0.3) is 0 Å². The van der Waals surface area contributed by atoms with Crippen LogP contribution in [0.1, 0.15) is 18.4 Å². The Kier molecular flexibility index (Phi) is 5.13. The molecule has 1 fully saturated rings. The van der Waals surface area contributed by atoms with Gasteiger partial charge in [0, 0.05) is 12.4 Å². The van der Waals surface area contributed by atoms with Gasteiger partial charge in [0.2, 0.25) is 0 Å². The van der Waals surface area contributed by atoms with Gasteiger partial charge in [-0.1, -0.05) is 54.2 Å². The quantitative estimate of drug-likeness (QED) is 0.832. The molecule has 2 heterocycles. The summed E-state index contributed by atoms with van der Waals surface area (Å²) in [6, 6.07) is 10.1.